The van der Waals surface area contributed by atoms with Crippen molar-refractivity contribution in [1.82, 2.24) is 15.1 Å². The average Bonchev–Trinajstić information content (AvgIpc) is 2.48. The van der Waals surface area contributed by atoms with E-state index in [1.54, 1.807) is 36.2 Å². The molecule has 2 N–H and O–H groups in total. The first-order valence-corrected chi connectivity index (χ1v) is 7.06. The molecule has 2 amide bonds. The lowest BCUT2D eigenvalue weighted by molar-refractivity contribution is -0.139. The van der Waals surface area contributed by atoms with Crippen LogP contribution in [-0.2, 0) is 16.0 Å². The molecule has 21 heavy (non-hydrogen) atoms. The Morgan fingerprint density at radius 2 is 2.05 bits per heavy atom. The van der Waals surface area contributed by atoms with Crippen LogP contribution in [0.25, 0.3) is 0 Å². The Morgan fingerprint density at radius 1 is 1.33 bits per heavy atom. The van der Waals surface area contributed by atoms with Gasteiger partial charge in [-0.25, -0.2) is 0 Å². The maximum Gasteiger partial charge on any atom is 0.242 e. The average molecular weight is 291 g/mol. The van der Waals surface area contributed by atoms with Crippen molar-refractivity contribution in [3.63, 3.8) is 0 Å². The number of amides is 2. The van der Waals surface area contributed by atoms with E-state index in [1.165, 1.54) is 4.90 Å². The van der Waals surface area contributed by atoms with E-state index in [9.17, 15) is 14.7 Å². The van der Waals surface area contributed by atoms with Crippen molar-refractivity contribution in [3.8, 4) is 5.75 Å². The number of hydrogen-bond acceptors (Lipinski definition) is 4. The zero-order valence-electron chi connectivity index (χ0n) is 12.2. The molecular formula is C15H21N3O3. The highest BCUT2D eigenvalue weighted by molar-refractivity contribution is 5.85. The summed E-state index contributed by atoms with van der Waals surface area (Å²) in [4.78, 5) is 27.4. The van der Waals surface area contributed by atoms with Gasteiger partial charge in [0.15, 0.2) is 0 Å². The standard InChI is InChI=1S/C15H21N3O3/c1-17(11-15(21)18-7-5-16-6-8-18)14(20)10-12-3-2-4-13(19)9-12/h2-4,9,16,19H,5-8,10-11H2,1H3. The summed E-state index contributed by atoms with van der Waals surface area (Å²) in [6.07, 6.45) is 0.180. The van der Waals surface area contributed by atoms with E-state index >= 15 is 0 Å². The largest absolute Gasteiger partial charge is 0.508 e. The third-order valence-electron chi connectivity index (χ3n) is 3.53. The van der Waals surface area contributed by atoms with Crippen molar-refractivity contribution in [2.24, 2.45) is 0 Å². The molecule has 0 spiro atoms. The lowest BCUT2D eigenvalue weighted by Gasteiger charge is -2.29. The lowest BCUT2D eigenvalue weighted by atomic mass is 10.1. The minimum Gasteiger partial charge on any atom is -0.508 e. The molecule has 6 heteroatoms. The van der Waals surface area contributed by atoms with Crippen LogP contribution in [0.5, 0.6) is 5.75 Å². The Kier molecular flexibility index (Phi) is 5.16. The lowest BCUT2D eigenvalue weighted by Crippen LogP contribution is -2.49. The topological polar surface area (TPSA) is 72.9 Å². The second-order valence-corrected chi connectivity index (χ2v) is 5.23. The van der Waals surface area contributed by atoms with Crippen molar-refractivity contribution < 1.29 is 14.7 Å². The number of carbonyl (C=O) groups is 2. The van der Waals surface area contributed by atoms with Gasteiger partial charge in [-0.1, -0.05) is 12.1 Å². The number of carbonyl (C=O) groups excluding carboxylic acids is 2. The van der Waals surface area contributed by atoms with Gasteiger partial charge in [0.05, 0.1) is 13.0 Å². The van der Waals surface area contributed by atoms with Gasteiger partial charge >= 0.3 is 0 Å². The minimum absolute atomic E-state index is 0.0248. The molecule has 1 saturated heterocycles. The van der Waals surface area contributed by atoms with Gasteiger partial charge in [-0.2, -0.15) is 0 Å². The predicted octanol–water partition coefficient (Wildman–Crippen LogP) is -0.175. The quantitative estimate of drug-likeness (QED) is 0.807. The highest BCUT2D eigenvalue weighted by Crippen LogP contribution is 2.12. The Morgan fingerprint density at radius 3 is 2.71 bits per heavy atom. The van der Waals surface area contributed by atoms with Gasteiger partial charge < -0.3 is 20.2 Å². The first kappa shape index (κ1) is 15.3. The molecule has 1 aliphatic heterocycles. The molecular weight excluding hydrogens is 270 g/mol. The molecule has 0 aromatic heterocycles. The Bertz CT molecular complexity index is 513. The van der Waals surface area contributed by atoms with Crippen molar-refractivity contribution in [2.45, 2.75) is 6.42 Å². The van der Waals surface area contributed by atoms with Gasteiger partial charge in [0.25, 0.3) is 0 Å². The SMILES string of the molecule is CN(CC(=O)N1CCNCC1)C(=O)Cc1cccc(O)c1. The molecule has 1 aromatic rings. The van der Waals surface area contributed by atoms with Crippen LogP contribution < -0.4 is 5.32 Å². The summed E-state index contributed by atoms with van der Waals surface area (Å²) in [6.45, 7) is 3.07. The molecule has 1 fully saturated rings. The number of rotatable bonds is 4. The summed E-state index contributed by atoms with van der Waals surface area (Å²) < 4.78 is 0. The summed E-state index contributed by atoms with van der Waals surface area (Å²) >= 11 is 0. The van der Waals surface area contributed by atoms with Crippen molar-refractivity contribution in [3.05, 3.63) is 29.8 Å². The van der Waals surface area contributed by atoms with Gasteiger partial charge in [-0.05, 0) is 17.7 Å². The summed E-state index contributed by atoms with van der Waals surface area (Å²) in [5.74, 6) is -0.0211. The third kappa shape index (κ3) is 4.46. The zero-order chi connectivity index (χ0) is 15.2. The molecule has 0 saturated carbocycles. The van der Waals surface area contributed by atoms with Gasteiger partial charge in [-0.15, -0.1) is 0 Å². The molecule has 0 unspecified atom stereocenters. The number of benzene rings is 1. The van der Waals surface area contributed by atoms with Gasteiger partial charge in [-0.3, -0.25) is 9.59 Å². The molecule has 114 valence electrons. The third-order valence-corrected chi connectivity index (χ3v) is 3.53. The van der Waals surface area contributed by atoms with Crippen LogP contribution in [0.15, 0.2) is 24.3 Å². The number of piperazine rings is 1. The van der Waals surface area contributed by atoms with Crippen molar-refractivity contribution >= 4 is 11.8 Å². The normalized spacial score (nSPS) is 14.8. The predicted molar refractivity (Wildman–Crippen MR) is 78.9 cm³/mol. The summed E-state index contributed by atoms with van der Waals surface area (Å²) in [6, 6.07) is 6.60. The molecule has 0 radical (unpaired) electrons. The van der Waals surface area contributed by atoms with Crippen LogP contribution in [0.4, 0.5) is 0 Å². The monoisotopic (exact) mass is 291 g/mol. The van der Waals surface area contributed by atoms with E-state index in [2.05, 4.69) is 5.32 Å². The van der Waals surface area contributed by atoms with Crippen LogP contribution in [0.3, 0.4) is 0 Å². The van der Waals surface area contributed by atoms with Crippen LogP contribution in [0.2, 0.25) is 0 Å². The smallest absolute Gasteiger partial charge is 0.242 e. The summed E-state index contributed by atoms with van der Waals surface area (Å²) in [5.41, 5.74) is 0.737. The Labute approximate surface area is 124 Å². The zero-order valence-corrected chi connectivity index (χ0v) is 12.2. The summed E-state index contributed by atoms with van der Waals surface area (Å²) in [7, 11) is 1.63. The fraction of sp³-hybridized carbons (Fsp3) is 0.467. The van der Waals surface area contributed by atoms with Crippen LogP contribution in [0.1, 0.15) is 5.56 Å². The van der Waals surface area contributed by atoms with Crippen molar-refractivity contribution in [1.29, 1.82) is 0 Å². The fourth-order valence-electron chi connectivity index (χ4n) is 2.28. The number of phenols is 1. The van der Waals surface area contributed by atoms with Crippen LogP contribution >= 0.6 is 0 Å². The van der Waals surface area contributed by atoms with Gasteiger partial charge in [0.2, 0.25) is 11.8 Å². The number of nitrogens with zero attached hydrogens (tertiary/aromatic N) is 2. The first-order valence-electron chi connectivity index (χ1n) is 7.06. The highest BCUT2D eigenvalue weighted by atomic mass is 16.3. The minimum atomic E-state index is -0.135. The number of nitrogens with one attached hydrogen (secondary N) is 1. The molecule has 1 heterocycles. The number of likely N-dealkylation sites (N-methyl/N-ethyl adjacent to an activating group) is 1. The molecule has 6 nitrogen and oxygen atoms in total. The molecule has 0 bridgehead atoms. The molecule has 1 aromatic carbocycles. The van der Waals surface area contributed by atoms with Crippen LogP contribution in [-0.4, -0.2) is 66.5 Å². The van der Waals surface area contributed by atoms with Crippen LogP contribution in [0, 0.1) is 0 Å². The van der Waals surface area contributed by atoms with E-state index in [-0.39, 0.29) is 30.5 Å². The Balaban J connectivity index is 1.85. The first-order chi connectivity index (χ1) is 10.1. The van der Waals surface area contributed by atoms with Gasteiger partial charge in [0.1, 0.15) is 5.75 Å². The maximum absolute atomic E-state index is 12.1. The molecule has 0 aliphatic carbocycles. The fourth-order valence-corrected chi connectivity index (χ4v) is 2.28. The summed E-state index contributed by atoms with van der Waals surface area (Å²) in [5, 5.41) is 12.6. The van der Waals surface area contributed by atoms with E-state index in [1.807, 2.05) is 0 Å². The van der Waals surface area contributed by atoms with E-state index in [0.717, 1.165) is 18.7 Å². The maximum atomic E-state index is 12.1. The highest BCUT2D eigenvalue weighted by Gasteiger charge is 2.20. The molecule has 2 rings (SSSR count). The van der Waals surface area contributed by atoms with E-state index in [0.29, 0.717) is 13.1 Å². The Hall–Kier alpha value is -2.08. The van der Waals surface area contributed by atoms with Gasteiger partial charge in [0, 0.05) is 33.2 Å². The molecule has 1 aliphatic rings. The molecule has 0 atom stereocenters. The number of aromatic hydroxyl groups is 1. The van der Waals surface area contributed by atoms with E-state index in [4.69, 9.17) is 0 Å². The van der Waals surface area contributed by atoms with E-state index < -0.39 is 0 Å². The number of phenolic OH excluding ortho intramolecular Hbond substituents is 1. The second-order valence-electron chi connectivity index (χ2n) is 5.23. The van der Waals surface area contributed by atoms with Crippen molar-refractivity contribution in [2.75, 3.05) is 39.8 Å². The number of hydrogen-bond donors (Lipinski definition) is 2. The second kappa shape index (κ2) is 7.08.